The standard InChI is InChI=1S/2C21H19BrClNO3S.C18H14Br2ClNO2S.C18H15BrClNO3S/c2*1-3-26-20(25)18(27-14-8-9-14)16-11(2)10-15-19(28-21(22)24-15)17(16)12-4-6-13(23)7-5-12;1-3-24-17(23)15(19)13-9(2)8-12-16(25-18(20)22-12)14(13)10-4-6-11(21)7-5-10;1-3-24-17(23)15(22)13-9(2)8-12-16(25-18(19)21-12)14(13)10-4-6-11(20)7-5-10/h2*4-7,10,14,18H,3,8-9H2,1-2H3;4-8,15H,3H2,1-2H3;4-8,15,22H,3H2,1-2H3/t18-;;2*15-/m0.10/s1. The summed E-state index contributed by atoms with van der Waals surface area (Å²) < 4.78 is 40.3. The zero-order chi connectivity index (χ0) is 75.9. The molecule has 1 unspecified atom stereocenters. The fourth-order valence-electron chi connectivity index (χ4n) is 12.1. The largest absolute Gasteiger partial charge is 0.465 e. The molecular weight excluding hydrogens is 1840 g/mol. The monoisotopic (exact) mass is 1900 g/mol. The van der Waals surface area contributed by atoms with Crippen molar-refractivity contribution in [2.24, 2.45) is 0 Å². The molecule has 2 saturated carbocycles. The summed E-state index contributed by atoms with van der Waals surface area (Å²) in [5.41, 5.74) is 17.7. The van der Waals surface area contributed by atoms with Crippen LogP contribution in [0, 0.1) is 27.7 Å². The molecule has 15 nitrogen and oxygen atoms in total. The van der Waals surface area contributed by atoms with Gasteiger partial charge in [0.25, 0.3) is 0 Å². The van der Waals surface area contributed by atoms with Gasteiger partial charge in [-0.3, -0.25) is 4.79 Å². The lowest BCUT2D eigenvalue weighted by Crippen LogP contribution is -2.21. The zero-order valence-corrected chi connectivity index (χ0v) is 72.2. The molecule has 4 atom stereocenters. The maximum Gasteiger partial charge on any atom is 0.339 e. The minimum Gasteiger partial charge on any atom is -0.465 e. The van der Waals surface area contributed by atoms with E-state index in [4.69, 9.17) is 74.8 Å². The number of carbonyl (C=O) groups is 4. The fourth-order valence-corrected chi connectivity index (χ4v) is 19.4. The van der Waals surface area contributed by atoms with E-state index in [-0.39, 0.29) is 36.7 Å². The Morgan fingerprint density at radius 3 is 0.934 bits per heavy atom. The number of hydrogen-bond donors (Lipinski definition) is 1. The number of hydrogen-bond acceptors (Lipinski definition) is 19. The molecule has 28 heteroatoms. The third kappa shape index (κ3) is 19.3. The number of aryl methyl sites for hydroxylation is 4. The van der Waals surface area contributed by atoms with E-state index in [1.54, 1.807) is 60.0 Å². The van der Waals surface area contributed by atoms with Crippen LogP contribution in [0.25, 0.3) is 85.4 Å². The Balaban J connectivity index is 0.000000141. The molecule has 552 valence electrons. The van der Waals surface area contributed by atoms with E-state index in [1.807, 2.05) is 151 Å². The molecule has 14 rings (SSSR count). The Hall–Kier alpha value is -5.36. The SMILES string of the molecule is CCOC(=O)C(OC1CC1)c1c(C)cc2nc(Br)sc2c1-c1ccc(Cl)cc1.CCOC(=O)[C@@H](O)c1c(C)cc2nc(Br)sc2c1-c1ccc(Cl)cc1.CCOC(=O)[C@@H](OC1CC1)c1c(C)cc2nc(Br)sc2c1-c1ccc(Cl)cc1.CCOC(=O)[C@H](Br)c1c(C)cc2nc(Br)sc2c1-c1ccc(Cl)cc1. The highest BCUT2D eigenvalue weighted by molar-refractivity contribution is 9.11. The van der Waals surface area contributed by atoms with Crippen LogP contribution in [0.4, 0.5) is 0 Å². The molecule has 4 aromatic heterocycles. The number of nitrogens with zero attached hydrogens (tertiary/aromatic N) is 4. The number of aliphatic hydroxyl groups is 1. The lowest BCUT2D eigenvalue weighted by molar-refractivity contribution is -0.159. The van der Waals surface area contributed by atoms with E-state index in [9.17, 15) is 24.3 Å². The second kappa shape index (κ2) is 36.7. The van der Waals surface area contributed by atoms with Crippen molar-refractivity contribution in [3.05, 3.63) is 202 Å². The number of fused-ring (bicyclic) bond motifs is 4. The Labute approximate surface area is 690 Å². The predicted octanol–water partition coefficient (Wildman–Crippen LogP) is 24.9. The van der Waals surface area contributed by atoms with Gasteiger partial charge in [-0.2, -0.15) is 0 Å². The van der Waals surface area contributed by atoms with Crippen molar-refractivity contribution >= 4 is 236 Å². The van der Waals surface area contributed by atoms with Crippen LogP contribution >= 0.6 is 171 Å². The van der Waals surface area contributed by atoms with Crippen molar-refractivity contribution in [1.29, 1.82) is 0 Å². The number of ether oxygens (including phenoxy) is 6. The van der Waals surface area contributed by atoms with Gasteiger partial charge in [0, 0.05) is 59.0 Å². The molecule has 0 bridgehead atoms. The molecule has 1 N–H and O–H groups in total. The van der Waals surface area contributed by atoms with Gasteiger partial charge < -0.3 is 33.5 Å². The highest BCUT2D eigenvalue weighted by Gasteiger charge is 2.38. The summed E-state index contributed by atoms with van der Waals surface area (Å²) in [6.07, 6.45) is 1.22. The number of rotatable bonds is 20. The topological polar surface area (TPSA) is 195 Å². The van der Waals surface area contributed by atoms with E-state index in [2.05, 4.69) is 99.6 Å². The predicted molar refractivity (Wildman–Crippen MR) is 447 cm³/mol. The number of esters is 4. The third-order valence-electron chi connectivity index (χ3n) is 16.9. The van der Waals surface area contributed by atoms with Crippen molar-refractivity contribution in [2.75, 3.05) is 26.4 Å². The van der Waals surface area contributed by atoms with Gasteiger partial charge in [0.05, 0.1) is 79.5 Å². The Morgan fingerprint density at radius 2 is 0.651 bits per heavy atom. The first-order chi connectivity index (χ1) is 50.8. The highest BCUT2D eigenvalue weighted by Crippen LogP contribution is 2.49. The molecule has 2 aliphatic rings. The summed E-state index contributed by atoms with van der Waals surface area (Å²) in [6.45, 7) is 16.1. The van der Waals surface area contributed by atoms with Gasteiger partial charge in [-0.1, -0.05) is 111 Å². The molecular formula is C78H67Br5Cl4N4O11S4. The Bertz CT molecular complexity index is 4910. The second-order valence-electron chi connectivity index (χ2n) is 24.4. The van der Waals surface area contributed by atoms with E-state index in [0.717, 1.165) is 166 Å². The van der Waals surface area contributed by atoms with Crippen LogP contribution in [0.1, 0.15) is 121 Å². The smallest absolute Gasteiger partial charge is 0.339 e. The third-order valence-corrected chi connectivity index (χ3v) is 24.9. The summed E-state index contributed by atoms with van der Waals surface area (Å²) >= 11 is 47.8. The number of aromatic nitrogens is 4. The van der Waals surface area contributed by atoms with Crippen LogP contribution in [0.3, 0.4) is 0 Å². The first kappa shape index (κ1) is 81.6. The number of carbonyl (C=O) groups excluding carboxylic acids is 4. The van der Waals surface area contributed by atoms with Gasteiger partial charge in [-0.05, 0) is 268 Å². The van der Waals surface area contributed by atoms with E-state index >= 15 is 0 Å². The normalized spacial score (nSPS) is 13.8. The Morgan fingerprint density at radius 1 is 0.406 bits per heavy atom. The lowest BCUT2D eigenvalue weighted by atomic mass is 9.91. The van der Waals surface area contributed by atoms with Crippen molar-refractivity contribution in [2.45, 2.75) is 116 Å². The zero-order valence-electron chi connectivity index (χ0n) is 58.0. The molecule has 12 aromatic rings. The van der Waals surface area contributed by atoms with Gasteiger partial charge in [0.15, 0.2) is 34.0 Å². The molecule has 8 aromatic carbocycles. The van der Waals surface area contributed by atoms with Crippen molar-refractivity contribution in [3.63, 3.8) is 0 Å². The molecule has 0 saturated heterocycles. The van der Waals surface area contributed by atoms with E-state index in [1.165, 1.54) is 11.3 Å². The average molecular weight is 1910 g/mol. The van der Waals surface area contributed by atoms with Crippen LogP contribution < -0.4 is 0 Å². The average Bonchev–Trinajstić information content (AvgIpc) is 1.51. The molecule has 4 heterocycles. The van der Waals surface area contributed by atoms with Gasteiger partial charge in [0.2, 0.25) is 0 Å². The number of thiazole rings is 4. The van der Waals surface area contributed by atoms with Crippen molar-refractivity contribution in [3.8, 4) is 44.5 Å². The maximum absolute atomic E-state index is 12.8. The highest BCUT2D eigenvalue weighted by atomic mass is 79.9. The maximum atomic E-state index is 12.8. The van der Waals surface area contributed by atoms with Crippen LogP contribution in [-0.4, -0.2) is 87.6 Å². The summed E-state index contributed by atoms with van der Waals surface area (Å²) in [4.78, 5) is 67.8. The molecule has 0 spiro atoms. The van der Waals surface area contributed by atoms with E-state index in [0.29, 0.717) is 45.5 Å². The molecule has 0 aliphatic heterocycles. The van der Waals surface area contributed by atoms with Crippen LogP contribution in [0.5, 0.6) is 0 Å². The second-order valence-corrected chi connectivity index (χ2v) is 36.2. The van der Waals surface area contributed by atoms with Gasteiger partial charge in [-0.25, -0.2) is 34.3 Å². The fraction of sp³-hybridized carbons (Fsp3) is 0.282. The summed E-state index contributed by atoms with van der Waals surface area (Å²) in [5.74, 6) is -1.67. The van der Waals surface area contributed by atoms with Crippen LogP contribution in [0.2, 0.25) is 20.1 Å². The molecule has 0 radical (unpaired) electrons. The van der Waals surface area contributed by atoms with Gasteiger partial charge in [0.1, 0.15) is 4.83 Å². The van der Waals surface area contributed by atoms with Crippen molar-refractivity contribution < 1.29 is 52.7 Å². The molecule has 2 fully saturated rings. The first-order valence-electron chi connectivity index (χ1n) is 33.5. The van der Waals surface area contributed by atoms with Gasteiger partial charge in [-0.15, -0.1) is 45.3 Å². The van der Waals surface area contributed by atoms with E-state index < -0.39 is 29.1 Å². The molecule has 0 amide bonds. The number of alkyl halides is 1. The Kier molecular flexibility index (Phi) is 28.2. The lowest BCUT2D eigenvalue weighted by Gasteiger charge is -2.22. The number of halogens is 9. The van der Waals surface area contributed by atoms with Crippen molar-refractivity contribution in [1.82, 2.24) is 19.9 Å². The summed E-state index contributed by atoms with van der Waals surface area (Å²) in [5, 5.41) is 13.2. The quantitative estimate of drug-likeness (QED) is 0.0429. The van der Waals surface area contributed by atoms with Crippen LogP contribution in [0.15, 0.2) is 137 Å². The molecule has 2 aliphatic carbocycles. The minimum atomic E-state index is -1.36. The first-order valence-corrected chi connectivity index (χ1v) is 42.4. The summed E-state index contributed by atoms with van der Waals surface area (Å²) in [7, 11) is 0. The van der Waals surface area contributed by atoms with Gasteiger partial charge >= 0.3 is 23.9 Å². The number of aliphatic hydroxyl groups excluding tert-OH is 1. The molecule has 106 heavy (non-hydrogen) atoms. The summed E-state index contributed by atoms with van der Waals surface area (Å²) in [6, 6.07) is 38.1. The number of benzene rings is 8. The van der Waals surface area contributed by atoms with Crippen LogP contribution in [-0.2, 0) is 47.6 Å². The minimum absolute atomic E-state index is 0.107.